The minimum absolute atomic E-state index is 0.447. The average Bonchev–Trinajstić information content (AvgIpc) is 2.60. The van der Waals surface area contributed by atoms with E-state index in [2.05, 4.69) is 49.0 Å². The predicted molar refractivity (Wildman–Crippen MR) is 104 cm³/mol. The molecule has 0 aromatic heterocycles. The fourth-order valence-electron chi connectivity index (χ4n) is 2.44. The zero-order chi connectivity index (χ0) is 17.4. The van der Waals surface area contributed by atoms with Crippen molar-refractivity contribution in [3.63, 3.8) is 0 Å². The molecule has 128 valence electrons. The Morgan fingerprint density at radius 2 is 1.75 bits per heavy atom. The molecule has 24 heavy (non-hydrogen) atoms. The lowest BCUT2D eigenvalue weighted by molar-refractivity contribution is -0.884. The number of thiocarbonyl (C=S) groups is 1. The van der Waals surface area contributed by atoms with Gasteiger partial charge in [-0.2, -0.15) is 0 Å². The Balaban J connectivity index is 1.85. The molecule has 0 saturated carbocycles. The van der Waals surface area contributed by atoms with E-state index >= 15 is 0 Å². The van der Waals surface area contributed by atoms with Gasteiger partial charge in [0, 0.05) is 12.1 Å². The molecular weight excluding hydrogens is 318 g/mol. The normalized spacial score (nSPS) is 11.8. The minimum Gasteiger partial charge on any atom is -0.497 e. The third kappa shape index (κ3) is 5.83. The van der Waals surface area contributed by atoms with Crippen molar-refractivity contribution in [3.05, 3.63) is 60.2 Å². The van der Waals surface area contributed by atoms with Crippen LogP contribution in [0.5, 0.6) is 5.75 Å². The lowest BCUT2D eigenvalue weighted by atomic mass is 10.1. The van der Waals surface area contributed by atoms with Crippen molar-refractivity contribution in [2.24, 2.45) is 0 Å². The van der Waals surface area contributed by atoms with Crippen LogP contribution >= 0.6 is 12.2 Å². The molecule has 0 saturated heterocycles. The number of nitrogens with one attached hydrogen (secondary N) is 3. The van der Waals surface area contributed by atoms with E-state index in [1.165, 1.54) is 10.5 Å². The van der Waals surface area contributed by atoms with E-state index in [4.69, 9.17) is 17.0 Å². The Labute approximate surface area is 149 Å². The van der Waals surface area contributed by atoms with Crippen LogP contribution in [0.4, 0.5) is 5.69 Å². The lowest BCUT2D eigenvalue weighted by Gasteiger charge is -2.23. The second-order valence-corrected chi connectivity index (χ2v) is 6.44. The van der Waals surface area contributed by atoms with Gasteiger partial charge in [0.05, 0.1) is 27.7 Å². The summed E-state index contributed by atoms with van der Waals surface area (Å²) < 4.78 is 5.16. The molecule has 0 aliphatic heterocycles. The van der Waals surface area contributed by atoms with Crippen molar-refractivity contribution in [3.8, 4) is 5.75 Å². The molecule has 0 amide bonds. The first-order valence-corrected chi connectivity index (χ1v) is 8.52. The van der Waals surface area contributed by atoms with Crippen molar-refractivity contribution in [1.29, 1.82) is 0 Å². The number of rotatable bonds is 7. The van der Waals surface area contributed by atoms with Gasteiger partial charge >= 0.3 is 0 Å². The quantitative estimate of drug-likeness (QED) is 0.669. The minimum atomic E-state index is 0.447. The topological polar surface area (TPSA) is 37.7 Å². The second kappa shape index (κ2) is 9.25. The van der Waals surface area contributed by atoms with E-state index in [-0.39, 0.29) is 0 Å². The van der Waals surface area contributed by atoms with E-state index in [0.29, 0.717) is 11.2 Å². The molecule has 3 N–H and O–H groups in total. The van der Waals surface area contributed by atoms with Crippen molar-refractivity contribution in [2.45, 2.75) is 12.5 Å². The van der Waals surface area contributed by atoms with Gasteiger partial charge in [0.1, 0.15) is 11.8 Å². The summed E-state index contributed by atoms with van der Waals surface area (Å²) >= 11 is 5.40. The predicted octanol–water partition coefficient (Wildman–Crippen LogP) is 1.74. The molecule has 0 spiro atoms. The number of ether oxygens (including phenoxy) is 1. The first-order valence-electron chi connectivity index (χ1n) is 8.11. The second-order valence-electron chi connectivity index (χ2n) is 6.03. The summed E-state index contributed by atoms with van der Waals surface area (Å²) in [5.41, 5.74) is 2.30. The number of hydrogen-bond acceptors (Lipinski definition) is 2. The highest BCUT2D eigenvalue weighted by atomic mass is 32.1. The van der Waals surface area contributed by atoms with E-state index in [1.54, 1.807) is 7.11 Å². The molecule has 5 heteroatoms. The molecule has 0 unspecified atom stereocenters. The number of hydrogen-bond donors (Lipinski definition) is 3. The SMILES string of the molecule is COc1ccc(NC(=S)NC[C@H](Cc2ccccc2)[NH+](C)C)cc1. The fourth-order valence-corrected chi connectivity index (χ4v) is 2.65. The first-order chi connectivity index (χ1) is 11.6. The highest BCUT2D eigenvalue weighted by Crippen LogP contribution is 2.14. The van der Waals surface area contributed by atoms with Crippen LogP contribution in [-0.4, -0.2) is 38.9 Å². The summed E-state index contributed by atoms with van der Waals surface area (Å²) in [6.45, 7) is 0.819. The van der Waals surface area contributed by atoms with Crippen LogP contribution < -0.4 is 20.3 Å². The number of methoxy groups -OCH3 is 1. The maximum absolute atomic E-state index is 5.40. The van der Waals surface area contributed by atoms with Gasteiger partial charge in [-0.05, 0) is 42.0 Å². The van der Waals surface area contributed by atoms with E-state index < -0.39 is 0 Å². The third-order valence-corrected chi connectivity index (χ3v) is 4.24. The number of likely N-dealkylation sites (N-methyl/N-ethyl adjacent to an activating group) is 1. The zero-order valence-corrected chi connectivity index (χ0v) is 15.3. The van der Waals surface area contributed by atoms with Crippen LogP contribution in [-0.2, 0) is 6.42 Å². The van der Waals surface area contributed by atoms with Crippen molar-refractivity contribution >= 4 is 23.0 Å². The van der Waals surface area contributed by atoms with Gasteiger partial charge in [-0.15, -0.1) is 0 Å². The van der Waals surface area contributed by atoms with E-state index in [1.807, 2.05) is 30.3 Å². The molecule has 2 aromatic carbocycles. The van der Waals surface area contributed by atoms with Gasteiger partial charge in [0.25, 0.3) is 0 Å². The zero-order valence-electron chi connectivity index (χ0n) is 14.5. The van der Waals surface area contributed by atoms with Crippen LogP contribution in [0, 0.1) is 0 Å². The summed E-state index contributed by atoms with van der Waals surface area (Å²) in [7, 11) is 6.01. The fraction of sp³-hybridized carbons (Fsp3) is 0.316. The Morgan fingerprint density at radius 3 is 2.33 bits per heavy atom. The largest absolute Gasteiger partial charge is 0.497 e. The van der Waals surface area contributed by atoms with Crippen molar-refractivity contribution in [1.82, 2.24) is 5.32 Å². The Hall–Kier alpha value is -2.11. The molecular formula is C19H26N3OS+. The molecule has 0 aliphatic rings. The smallest absolute Gasteiger partial charge is 0.170 e. The van der Waals surface area contributed by atoms with Gasteiger partial charge in [-0.3, -0.25) is 0 Å². The summed E-state index contributed by atoms with van der Waals surface area (Å²) in [5.74, 6) is 0.832. The van der Waals surface area contributed by atoms with Gasteiger partial charge < -0.3 is 20.3 Å². The molecule has 0 fully saturated rings. The molecule has 0 radical (unpaired) electrons. The Kier molecular flexibility index (Phi) is 7.03. The van der Waals surface area contributed by atoms with Gasteiger partial charge in [0.2, 0.25) is 0 Å². The lowest BCUT2D eigenvalue weighted by Crippen LogP contribution is -3.11. The number of quaternary nitrogens is 1. The van der Waals surface area contributed by atoms with Gasteiger partial charge in [-0.1, -0.05) is 30.3 Å². The van der Waals surface area contributed by atoms with Crippen LogP contribution in [0.1, 0.15) is 5.56 Å². The molecule has 0 bridgehead atoms. The average molecular weight is 345 g/mol. The van der Waals surface area contributed by atoms with Crippen LogP contribution in [0.15, 0.2) is 54.6 Å². The van der Waals surface area contributed by atoms with E-state index in [9.17, 15) is 0 Å². The molecule has 2 rings (SSSR count). The van der Waals surface area contributed by atoms with Crippen molar-refractivity contribution < 1.29 is 9.64 Å². The summed E-state index contributed by atoms with van der Waals surface area (Å²) in [4.78, 5) is 1.40. The maximum Gasteiger partial charge on any atom is 0.170 e. The molecule has 4 nitrogen and oxygen atoms in total. The molecule has 2 aromatic rings. The number of benzene rings is 2. The maximum atomic E-state index is 5.40. The standard InChI is InChI=1S/C19H25N3OS/c1-22(2)17(13-15-7-5-4-6-8-15)14-20-19(24)21-16-9-11-18(23-3)12-10-16/h4-12,17H,13-14H2,1-3H3,(H2,20,21,24)/p+1/t17-/m0/s1. The van der Waals surface area contributed by atoms with Gasteiger partial charge in [-0.25, -0.2) is 0 Å². The summed E-state index contributed by atoms with van der Waals surface area (Å²) in [6, 6.07) is 18.7. The van der Waals surface area contributed by atoms with Crippen LogP contribution in [0.2, 0.25) is 0 Å². The highest BCUT2D eigenvalue weighted by molar-refractivity contribution is 7.80. The molecule has 0 heterocycles. The monoisotopic (exact) mass is 344 g/mol. The highest BCUT2D eigenvalue weighted by Gasteiger charge is 2.16. The third-order valence-electron chi connectivity index (χ3n) is 4.00. The van der Waals surface area contributed by atoms with Crippen LogP contribution in [0.3, 0.4) is 0 Å². The van der Waals surface area contributed by atoms with Gasteiger partial charge in [0.15, 0.2) is 5.11 Å². The Bertz CT molecular complexity index is 629. The summed E-state index contributed by atoms with van der Waals surface area (Å²) in [6.07, 6.45) is 1.02. The van der Waals surface area contributed by atoms with Crippen molar-refractivity contribution in [2.75, 3.05) is 33.1 Å². The number of anilines is 1. The van der Waals surface area contributed by atoms with Crippen LogP contribution in [0.25, 0.3) is 0 Å². The Morgan fingerprint density at radius 1 is 1.08 bits per heavy atom. The van der Waals surface area contributed by atoms with E-state index in [0.717, 1.165) is 24.4 Å². The first kappa shape index (κ1) is 18.2. The molecule has 1 atom stereocenters. The molecule has 0 aliphatic carbocycles. The summed E-state index contributed by atoms with van der Waals surface area (Å²) in [5, 5.41) is 7.17.